The normalized spacial score (nSPS) is 11.8. The van der Waals surface area contributed by atoms with Crippen molar-refractivity contribution in [3.8, 4) is 0 Å². The van der Waals surface area contributed by atoms with Gasteiger partial charge in [0, 0.05) is 6.54 Å². The van der Waals surface area contributed by atoms with Crippen LogP contribution in [0.2, 0.25) is 0 Å². The van der Waals surface area contributed by atoms with E-state index in [9.17, 15) is 4.39 Å². The summed E-state index contributed by atoms with van der Waals surface area (Å²) in [6, 6.07) is 16.9. The molecule has 0 radical (unpaired) electrons. The summed E-state index contributed by atoms with van der Waals surface area (Å²) < 4.78 is 13.2. The van der Waals surface area contributed by atoms with Crippen molar-refractivity contribution in [3.05, 3.63) is 71.5 Å². The Morgan fingerprint density at radius 3 is 2.40 bits per heavy atom. The van der Waals surface area contributed by atoms with Crippen molar-refractivity contribution in [3.63, 3.8) is 0 Å². The standard InChI is InChI=1S/C21H27FN2O/c1-24(2)16-7-17-25-23-21(19-12-14-20(22)15-13-19)11-6-10-18-8-4-3-5-9-18/h3-5,8-9,12-15H,6-7,10-11,16-17H2,1-2H3. The van der Waals surface area contributed by atoms with Crippen molar-refractivity contribution in [1.29, 1.82) is 0 Å². The predicted molar refractivity (Wildman–Crippen MR) is 101 cm³/mol. The molecular formula is C21H27FN2O. The van der Waals surface area contributed by atoms with Crippen LogP contribution in [0.3, 0.4) is 0 Å². The van der Waals surface area contributed by atoms with Crippen LogP contribution >= 0.6 is 0 Å². The van der Waals surface area contributed by atoms with Crippen molar-refractivity contribution < 1.29 is 9.23 Å². The molecule has 0 N–H and O–H groups in total. The lowest BCUT2D eigenvalue weighted by Gasteiger charge is -2.10. The van der Waals surface area contributed by atoms with Gasteiger partial charge in [0.2, 0.25) is 0 Å². The highest BCUT2D eigenvalue weighted by Crippen LogP contribution is 2.12. The topological polar surface area (TPSA) is 24.8 Å². The molecule has 0 unspecified atom stereocenters. The second-order valence-corrected chi connectivity index (χ2v) is 6.37. The number of oxime groups is 1. The Hall–Kier alpha value is -2.20. The van der Waals surface area contributed by atoms with E-state index in [0.29, 0.717) is 6.61 Å². The summed E-state index contributed by atoms with van der Waals surface area (Å²) in [6.07, 6.45) is 3.69. The second-order valence-electron chi connectivity index (χ2n) is 6.37. The number of benzene rings is 2. The molecule has 0 aliphatic heterocycles. The van der Waals surface area contributed by atoms with Gasteiger partial charge in [-0.05, 0) is 63.0 Å². The third kappa shape index (κ3) is 7.48. The number of nitrogens with zero attached hydrogens (tertiary/aromatic N) is 2. The highest BCUT2D eigenvalue weighted by atomic mass is 19.1. The smallest absolute Gasteiger partial charge is 0.123 e. The molecule has 4 heteroatoms. The van der Waals surface area contributed by atoms with Crippen LogP contribution in [0.4, 0.5) is 4.39 Å². The van der Waals surface area contributed by atoms with Gasteiger partial charge in [-0.2, -0.15) is 0 Å². The molecule has 2 aromatic carbocycles. The zero-order valence-corrected chi connectivity index (χ0v) is 15.1. The Morgan fingerprint density at radius 2 is 1.72 bits per heavy atom. The SMILES string of the molecule is CN(C)CCCON=C(CCCc1ccccc1)c1ccc(F)cc1. The molecule has 0 bridgehead atoms. The molecule has 0 saturated carbocycles. The molecule has 0 aliphatic carbocycles. The van der Waals surface area contributed by atoms with Crippen LogP contribution in [0.15, 0.2) is 59.8 Å². The Balaban J connectivity index is 1.92. The average molecular weight is 342 g/mol. The third-order valence-corrected chi connectivity index (χ3v) is 3.91. The summed E-state index contributed by atoms with van der Waals surface area (Å²) in [4.78, 5) is 7.62. The third-order valence-electron chi connectivity index (χ3n) is 3.91. The summed E-state index contributed by atoms with van der Waals surface area (Å²) in [5.74, 6) is -0.237. The minimum atomic E-state index is -0.237. The maximum absolute atomic E-state index is 13.2. The van der Waals surface area contributed by atoms with E-state index < -0.39 is 0 Å². The molecule has 3 nitrogen and oxygen atoms in total. The van der Waals surface area contributed by atoms with E-state index in [2.05, 4.69) is 34.3 Å². The summed E-state index contributed by atoms with van der Waals surface area (Å²) in [5.41, 5.74) is 3.11. The van der Waals surface area contributed by atoms with Crippen molar-refractivity contribution in [1.82, 2.24) is 4.90 Å². The Bertz CT molecular complexity index is 639. The molecule has 0 aliphatic rings. The van der Waals surface area contributed by atoms with Crippen LogP contribution in [0.25, 0.3) is 0 Å². The van der Waals surface area contributed by atoms with E-state index in [1.165, 1.54) is 17.7 Å². The number of rotatable bonds is 10. The van der Waals surface area contributed by atoms with E-state index in [0.717, 1.165) is 43.5 Å². The van der Waals surface area contributed by atoms with Crippen molar-refractivity contribution in [2.24, 2.45) is 5.16 Å². The first kappa shape index (κ1) is 19.1. The first-order valence-corrected chi connectivity index (χ1v) is 8.78. The molecular weight excluding hydrogens is 315 g/mol. The first-order valence-electron chi connectivity index (χ1n) is 8.78. The van der Waals surface area contributed by atoms with E-state index in [1.807, 2.05) is 20.2 Å². The fourth-order valence-electron chi connectivity index (χ4n) is 2.56. The lowest BCUT2D eigenvalue weighted by atomic mass is 10.0. The van der Waals surface area contributed by atoms with E-state index >= 15 is 0 Å². The molecule has 2 rings (SSSR count). The lowest BCUT2D eigenvalue weighted by Crippen LogP contribution is -2.14. The second kappa shape index (κ2) is 10.6. The molecule has 25 heavy (non-hydrogen) atoms. The quantitative estimate of drug-likeness (QED) is 0.360. The van der Waals surface area contributed by atoms with Gasteiger partial charge in [0.25, 0.3) is 0 Å². The van der Waals surface area contributed by atoms with Gasteiger partial charge in [-0.25, -0.2) is 4.39 Å². The lowest BCUT2D eigenvalue weighted by molar-refractivity contribution is 0.134. The number of hydrogen-bond donors (Lipinski definition) is 0. The zero-order valence-electron chi connectivity index (χ0n) is 15.1. The summed E-state index contributed by atoms with van der Waals surface area (Å²) in [7, 11) is 4.08. The van der Waals surface area contributed by atoms with Gasteiger partial charge in [0.1, 0.15) is 12.4 Å². The van der Waals surface area contributed by atoms with Gasteiger partial charge in [0.05, 0.1) is 5.71 Å². The Labute approximate surface area is 150 Å². The fraction of sp³-hybridized carbons (Fsp3) is 0.381. The molecule has 0 amide bonds. The zero-order chi connectivity index (χ0) is 17.9. The molecule has 0 atom stereocenters. The highest BCUT2D eigenvalue weighted by Gasteiger charge is 2.06. The summed E-state index contributed by atoms with van der Waals surface area (Å²) in [5, 5.41) is 4.33. The van der Waals surface area contributed by atoms with Crippen LogP contribution in [0.1, 0.15) is 30.4 Å². The van der Waals surface area contributed by atoms with Crippen LogP contribution in [-0.4, -0.2) is 37.9 Å². The monoisotopic (exact) mass is 342 g/mol. The fourth-order valence-corrected chi connectivity index (χ4v) is 2.56. The Morgan fingerprint density at radius 1 is 1.00 bits per heavy atom. The highest BCUT2D eigenvalue weighted by molar-refractivity contribution is 6.00. The molecule has 0 spiro atoms. The number of aryl methyl sites for hydroxylation is 1. The van der Waals surface area contributed by atoms with E-state index in [1.54, 1.807) is 12.1 Å². The van der Waals surface area contributed by atoms with E-state index in [4.69, 9.17) is 4.84 Å². The van der Waals surface area contributed by atoms with Crippen LogP contribution in [0, 0.1) is 5.82 Å². The largest absolute Gasteiger partial charge is 0.396 e. The van der Waals surface area contributed by atoms with Crippen LogP contribution in [-0.2, 0) is 11.3 Å². The maximum Gasteiger partial charge on any atom is 0.123 e. The number of halogens is 1. The number of hydrogen-bond acceptors (Lipinski definition) is 3. The molecule has 134 valence electrons. The van der Waals surface area contributed by atoms with Crippen LogP contribution in [0.5, 0.6) is 0 Å². The summed E-state index contributed by atoms with van der Waals surface area (Å²) in [6.45, 7) is 1.55. The van der Waals surface area contributed by atoms with Gasteiger partial charge in [0.15, 0.2) is 0 Å². The van der Waals surface area contributed by atoms with E-state index in [-0.39, 0.29) is 5.82 Å². The van der Waals surface area contributed by atoms with Gasteiger partial charge in [-0.15, -0.1) is 0 Å². The molecule has 0 fully saturated rings. The molecule has 0 heterocycles. The average Bonchev–Trinajstić information content (AvgIpc) is 2.61. The van der Waals surface area contributed by atoms with Crippen LogP contribution < -0.4 is 0 Å². The van der Waals surface area contributed by atoms with Crippen molar-refractivity contribution in [2.75, 3.05) is 27.2 Å². The maximum atomic E-state index is 13.2. The summed E-state index contributed by atoms with van der Waals surface area (Å²) >= 11 is 0. The van der Waals surface area contributed by atoms with Gasteiger partial charge < -0.3 is 9.74 Å². The molecule has 0 saturated heterocycles. The minimum Gasteiger partial charge on any atom is -0.396 e. The van der Waals surface area contributed by atoms with Crippen molar-refractivity contribution >= 4 is 5.71 Å². The van der Waals surface area contributed by atoms with Gasteiger partial charge >= 0.3 is 0 Å². The van der Waals surface area contributed by atoms with Crippen molar-refractivity contribution in [2.45, 2.75) is 25.7 Å². The van der Waals surface area contributed by atoms with Gasteiger partial charge in [-0.3, -0.25) is 0 Å². The first-order chi connectivity index (χ1) is 12.1. The predicted octanol–water partition coefficient (Wildman–Crippen LogP) is 4.52. The molecule has 2 aromatic rings. The Kier molecular flexibility index (Phi) is 8.13. The van der Waals surface area contributed by atoms with Gasteiger partial charge in [-0.1, -0.05) is 47.6 Å². The minimum absolute atomic E-state index is 0.237. The molecule has 0 aromatic heterocycles.